The van der Waals surface area contributed by atoms with Crippen molar-refractivity contribution in [1.82, 2.24) is 14.5 Å². The standard InChI is InChI=1S/C17H25N3O2S2/c1-5-8-19(9-6-2)14(21)11-20-16(22)13-10-12(7-3)24-15(13)18-17(20)23-4/h10H,5-9,11H2,1-4H3. The second-order valence-corrected chi connectivity index (χ2v) is 7.54. The Kier molecular flexibility index (Phi) is 6.86. The van der Waals surface area contributed by atoms with Crippen LogP contribution >= 0.6 is 23.1 Å². The van der Waals surface area contributed by atoms with Gasteiger partial charge in [-0.3, -0.25) is 14.2 Å². The summed E-state index contributed by atoms with van der Waals surface area (Å²) in [5.41, 5.74) is -0.110. The molecule has 1 amide bonds. The maximum absolute atomic E-state index is 12.9. The molecule has 0 saturated carbocycles. The summed E-state index contributed by atoms with van der Waals surface area (Å²) in [5.74, 6) is -0.0109. The highest BCUT2D eigenvalue weighted by atomic mass is 32.2. The van der Waals surface area contributed by atoms with Crippen molar-refractivity contribution in [1.29, 1.82) is 0 Å². The summed E-state index contributed by atoms with van der Waals surface area (Å²) < 4.78 is 1.53. The summed E-state index contributed by atoms with van der Waals surface area (Å²) in [4.78, 5) is 33.8. The molecule has 0 N–H and O–H groups in total. The molecule has 5 nitrogen and oxygen atoms in total. The minimum absolute atomic E-state index is 0.0109. The lowest BCUT2D eigenvalue weighted by molar-refractivity contribution is -0.132. The lowest BCUT2D eigenvalue weighted by Crippen LogP contribution is -2.38. The first-order valence-corrected chi connectivity index (χ1v) is 10.4. The van der Waals surface area contributed by atoms with Gasteiger partial charge in [0.25, 0.3) is 5.56 Å². The molecule has 0 atom stereocenters. The Morgan fingerprint density at radius 2 is 1.96 bits per heavy atom. The molecule has 0 spiro atoms. The minimum atomic E-state index is -0.110. The lowest BCUT2D eigenvalue weighted by Gasteiger charge is -2.22. The van der Waals surface area contributed by atoms with Gasteiger partial charge in [-0.05, 0) is 31.6 Å². The number of rotatable bonds is 8. The molecule has 7 heteroatoms. The van der Waals surface area contributed by atoms with E-state index in [1.807, 2.05) is 17.2 Å². The Bertz CT molecular complexity index is 761. The number of carbonyl (C=O) groups excluding carboxylic acids is 1. The normalized spacial score (nSPS) is 11.2. The highest BCUT2D eigenvalue weighted by Crippen LogP contribution is 2.24. The van der Waals surface area contributed by atoms with Crippen LogP contribution in [-0.2, 0) is 17.8 Å². The van der Waals surface area contributed by atoms with Crippen molar-refractivity contribution >= 4 is 39.2 Å². The summed E-state index contributed by atoms with van der Waals surface area (Å²) in [7, 11) is 0. The van der Waals surface area contributed by atoms with Crippen molar-refractivity contribution < 1.29 is 4.79 Å². The van der Waals surface area contributed by atoms with E-state index in [0.717, 1.165) is 42.1 Å². The average Bonchev–Trinajstić information content (AvgIpc) is 3.00. The molecule has 0 aliphatic rings. The molecule has 2 heterocycles. The van der Waals surface area contributed by atoms with Gasteiger partial charge in [-0.1, -0.05) is 32.5 Å². The Morgan fingerprint density at radius 3 is 2.50 bits per heavy atom. The van der Waals surface area contributed by atoms with Gasteiger partial charge < -0.3 is 4.90 Å². The number of amides is 1. The van der Waals surface area contributed by atoms with Gasteiger partial charge in [-0.2, -0.15) is 0 Å². The average molecular weight is 368 g/mol. The van der Waals surface area contributed by atoms with Crippen LogP contribution in [0.1, 0.15) is 38.5 Å². The van der Waals surface area contributed by atoms with Gasteiger partial charge in [0.1, 0.15) is 11.4 Å². The lowest BCUT2D eigenvalue weighted by atomic mass is 10.3. The number of nitrogens with zero attached hydrogens (tertiary/aromatic N) is 3. The van der Waals surface area contributed by atoms with Gasteiger partial charge in [0.15, 0.2) is 5.16 Å². The van der Waals surface area contributed by atoms with Crippen LogP contribution in [0.2, 0.25) is 0 Å². The van der Waals surface area contributed by atoms with Gasteiger partial charge in [-0.15, -0.1) is 11.3 Å². The predicted octanol–water partition coefficient (Wildman–Crippen LogP) is 3.39. The molecule has 0 saturated heterocycles. The number of thiophene rings is 1. The zero-order valence-electron chi connectivity index (χ0n) is 14.8. The van der Waals surface area contributed by atoms with Crippen LogP contribution in [0.25, 0.3) is 10.2 Å². The molecular weight excluding hydrogens is 342 g/mol. The van der Waals surface area contributed by atoms with E-state index in [2.05, 4.69) is 25.8 Å². The van der Waals surface area contributed by atoms with Crippen LogP contribution in [0.5, 0.6) is 0 Å². The third-order valence-corrected chi connectivity index (χ3v) is 5.68. The molecule has 0 aliphatic heterocycles. The zero-order chi connectivity index (χ0) is 17.7. The summed E-state index contributed by atoms with van der Waals surface area (Å²) in [6.45, 7) is 7.69. The summed E-state index contributed by atoms with van der Waals surface area (Å²) in [6.07, 6.45) is 4.60. The maximum Gasteiger partial charge on any atom is 0.263 e. The topological polar surface area (TPSA) is 55.2 Å². The smallest absolute Gasteiger partial charge is 0.263 e. The maximum atomic E-state index is 12.9. The van der Waals surface area contributed by atoms with Crippen LogP contribution < -0.4 is 5.56 Å². The third-order valence-electron chi connectivity index (χ3n) is 3.83. The molecule has 132 valence electrons. The van der Waals surface area contributed by atoms with Gasteiger partial charge in [0.2, 0.25) is 5.91 Å². The van der Waals surface area contributed by atoms with E-state index in [4.69, 9.17) is 0 Å². The fourth-order valence-electron chi connectivity index (χ4n) is 2.65. The molecule has 0 aromatic carbocycles. The Balaban J connectivity index is 2.41. The fourth-order valence-corrected chi connectivity index (χ4v) is 4.22. The van der Waals surface area contributed by atoms with E-state index in [-0.39, 0.29) is 18.0 Å². The molecule has 0 unspecified atom stereocenters. The van der Waals surface area contributed by atoms with Crippen molar-refractivity contribution in [3.8, 4) is 0 Å². The number of hydrogen-bond donors (Lipinski definition) is 0. The van der Waals surface area contributed by atoms with Crippen LogP contribution in [0.15, 0.2) is 16.0 Å². The Labute approximate surface area is 151 Å². The second-order valence-electron chi connectivity index (χ2n) is 5.66. The third kappa shape index (κ3) is 4.00. The monoisotopic (exact) mass is 367 g/mol. The molecular formula is C17H25N3O2S2. The highest BCUT2D eigenvalue weighted by molar-refractivity contribution is 7.98. The fraction of sp³-hybridized carbons (Fsp3) is 0.588. The summed E-state index contributed by atoms with van der Waals surface area (Å²) in [6, 6.07) is 1.91. The van der Waals surface area contributed by atoms with Gasteiger partial charge in [-0.25, -0.2) is 4.98 Å². The number of aromatic nitrogens is 2. The van der Waals surface area contributed by atoms with Gasteiger partial charge in [0, 0.05) is 18.0 Å². The van der Waals surface area contributed by atoms with Crippen molar-refractivity contribution in [3.05, 3.63) is 21.3 Å². The Hall–Kier alpha value is -1.34. The van der Waals surface area contributed by atoms with E-state index < -0.39 is 0 Å². The molecule has 0 fully saturated rings. The first-order valence-electron chi connectivity index (χ1n) is 8.40. The largest absolute Gasteiger partial charge is 0.341 e. The van der Waals surface area contributed by atoms with Crippen molar-refractivity contribution in [2.24, 2.45) is 0 Å². The quantitative estimate of drug-likeness (QED) is 0.530. The van der Waals surface area contributed by atoms with E-state index in [0.29, 0.717) is 10.5 Å². The molecule has 2 aromatic heterocycles. The molecule has 0 aliphatic carbocycles. The first-order chi connectivity index (χ1) is 11.5. The van der Waals surface area contributed by atoms with Crippen molar-refractivity contribution in [3.63, 3.8) is 0 Å². The van der Waals surface area contributed by atoms with Crippen LogP contribution in [0.4, 0.5) is 0 Å². The number of thioether (sulfide) groups is 1. The van der Waals surface area contributed by atoms with Crippen molar-refractivity contribution in [2.45, 2.75) is 51.7 Å². The van der Waals surface area contributed by atoms with Crippen molar-refractivity contribution in [2.75, 3.05) is 19.3 Å². The number of hydrogen-bond acceptors (Lipinski definition) is 5. The van der Waals surface area contributed by atoms with Gasteiger partial charge >= 0.3 is 0 Å². The molecule has 0 bridgehead atoms. The predicted molar refractivity (Wildman–Crippen MR) is 102 cm³/mol. The Morgan fingerprint density at radius 1 is 1.29 bits per heavy atom. The second kappa shape index (κ2) is 8.67. The van der Waals surface area contributed by atoms with E-state index in [1.54, 1.807) is 11.3 Å². The SMILES string of the molecule is CCCN(CCC)C(=O)Cn1c(SC)nc2sc(CC)cc2c1=O. The molecule has 2 rings (SSSR count). The van der Waals surface area contributed by atoms with E-state index in [9.17, 15) is 9.59 Å². The number of carbonyl (C=O) groups is 1. The highest BCUT2D eigenvalue weighted by Gasteiger charge is 2.18. The minimum Gasteiger partial charge on any atom is -0.341 e. The molecule has 0 radical (unpaired) electrons. The van der Waals surface area contributed by atoms with Crippen LogP contribution in [0.3, 0.4) is 0 Å². The van der Waals surface area contributed by atoms with E-state index in [1.165, 1.54) is 16.3 Å². The molecule has 2 aromatic rings. The summed E-state index contributed by atoms with van der Waals surface area (Å²) >= 11 is 2.97. The first kappa shape index (κ1) is 19.0. The number of aryl methyl sites for hydroxylation is 1. The molecule has 24 heavy (non-hydrogen) atoms. The zero-order valence-corrected chi connectivity index (χ0v) is 16.4. The van der Waals surface area contributed by atoms with Crippen LogP contribution in [-0.4, -0.2) is 39.7 Å². The van der Waals surface area contributed by atoms with Gasteiger partial charge in [0.05, 0.1) is 5.39 Å². The number of fused-ring (bicyclic) bond motifs is 1. The van der Waals surface area contributed by atoms with E-state index >= 15 is 0 Å². The summed E-state index contributed by atoms with van der Waals surface area (Å²) in [5, 5.41) is 1.23. The van der Waals surface area contributed by atoms with Crippen LogP contribution in [0, 0.1) is 0 Å².